The second-order valence-corrected chi connectivity index (χ2v) is 7.57. The molecule has 0 unspecified atom stereocenters. The van der Waals surface area contributed by atoms with Crippen LogP contribution in [0.4, 0.5) is 11.4 Å². The lowest BCUT2D eigenvalue weighted by atomic mass is 10.1. The van der Waals surface area contributed by atoms with Crippen molar-refractivity contribution >= 4 is 57.1 Å². The molecule has 2 aliphatic rings. The van der Waals surface area contributed by atoms with E-state index in [1.54, 1.807) is 0 Å². The van der Waals surface area contributed by atoms with Crippen molar-refractivity contribution in [2.45, 2.75) is 6.92 Å². The van der Waals surface area contributed by atoms with Crippen LogP contribution in [-0.2, 0) is 9.59 Å². The lowest BCUT2D eigenvalue weighted by Crippen LogP contribution is -2.28. The molecule has 0 aliphatic carbocycles. The number of carbonyl (C=O) groups excluding carboxylic acids is 2. The van der Waals surface area contributed by atoms with Gasteiger partial charge in [0.25, 0.3) is 11.8 Å². The van der Waals surface area contributed by atoms with E-state index in [1.807, 2.05) is 55.5 Å². The van der Waals surface area contributed by atoms with Crippen LogP contribution < -0.4 is 9.80 Å². The first kappa shape index (κ1) is 16.8. The topological polar surface area (TPSA) is 40.6 Å². The summed E-state index contributed by atoms with van der Waals surface area (Å²) in [5, 5.41) is 0. The Hall–Kier alpha value is -2.70. The van der Waals surface area contributed by atoms with E-state index in [9.17, 15) is 9.59 Å². The van der Waals surface area contributed by atoms with Crippen LogP contribution in [0.3, 0.4) is 0 Å². The molecule has 128 valence electrons. The molecule has 2 amide bonds. The molecule has 1 fully saturated rings. The number of thiocarbonyl (C=S) groups is 1. The summed E-state index contributed by atoms with van der Waals surface area (Å²) in [6.45, 7) is 5.67. The highest BCUT2D eigenvalue weighted by Crippen LogP contribution is 2.45. The van der Waals surface area contributed by atoms with Gasteiger partial charge in [0.05, 0.1) is 21.9 Å². The Morgan fingerprint density at radius 2 is 1.85 bits per heavy atom. The van der Waals surface area contributed by atoms with E-state index < -0.39 is 0 Å². The first-order valence-electron chi connectivity index (χ1n) is 7.95. The molecule has 0 saturated carbocycles. The maximum absolute atomic E-state index is 13.1. The van der Waals surface area contributed by atoms with Crippen LogP contribution in [0.2, 0.25) is 0 Å². The summed E-state index contributed by atoms with van der Waals surface area (Å²) in [4.78, 5) is 29.3. The van der Waals surface area contributed by atoms with E-state index in [-0.39, 0.29) is 11.8 Å². The summed E-state index contributed by atoms with van der Waals surface area (Å²) in [5.74, 6) is -0.527. The Labute approximate surface area is 160 Å². The number of nitrogens with zero attached hydrogens (tertiary/aromatic N) is 2. The van der Waals surface area contributed by atoms with Crippen LogP contribution in [0.25, 0.3) is 5.57 Å². The SMILES string of the molecule is C=CN1C(=O)C(=C2SC(=S)N(c3cccc(C)c3)C2=O)c2ccccc21. The third-order valence-electron chi connectivity index (χ3n) is 4.30. The zero-order chi connectivity index (χ0) is 18.4. The van der Waals surface area contributed by atoms with E-state index >= 15 is 0 Å². The molecule has 0 bridgehead atoms. The lowest BCUT2D eigenvalue weighted by molar-refractivity contribution is -0.114. The zero-order valence-electron chi connectivity index (χ0n) is 13.9. The standard InChI is InChI=1S/C20H14N2O2S2/c1-3-21-15-10-5-4-9-14(15)16(18(21)23)17-19(24)22(20(25)26-17)13-8-6-7-12(2)11-13/h3-11H,1H2,2H3. The summed E-state index contributed by atoms with van der Waals surface area (Å²) in [5.41, 5.74) is 3.57. The largest absolute Gasteiger partial charge is 0.284 e. The third kappa shape index (κ3) is 2.41. The smallest absolute Gasteiger partial charge is 0.271 e. The summed E-state index contributed by atoms with van der Waals surface area (Å²) >= 11 is 6.60. The number of carbonyl (C=O) groups is 2. The molecule has 0 N–H and O–H groups in total. The number of hydrogen-bond acceptors (Lipinski definition) is 4. The van der Waals surface area contributed by atoms with Crippen molar-refractivity contribution in [2.75, 3.05) is 9.80 Å². The number of benzene rings is 2. The van der Waals surface area contributed by atoms with Gasteiger partial charge in [-0.25, -0.2) is 0 Å². The Bertz CT molecular complexity index is 1030. The maximum atomic E-state index is 13.1. The Morgan fingerprint density at radius 3 is 2.58 bits per heavy atom. The highest BCUT2D eigenvalue weighted by atomic mass is 32.2. The average molecular weight is 378 g/mol. The second kappa shape index (κ2) is 6.23. The van der Waals surface area contributed by atoms with Crippen LogP contribution in [-0.4, -0.2) is 16.1 Å². The van der Waals surface area contributed by atoms with Gasteiger partial charge >= 0.3 is 0 Å². The average Bonchev–Trinajstić information content (AvgIpc) is 3.07. The molecule has 0 spiro atoms. The Morgan fingerprint density at radius 1 is 1.08 bits per heavy atom. The van der Waals surface area contributed by atoms with E-state index in [0.29, 0.717) is 20.5 Å². The first-order valence-corrected chi connectivity index (χ1v) is 9.18. The van der Waals surface area contributed by atoms with Gasteiger partial charge in [-0.3, -0.25) is 19.4 Å². The van der Waals surface area contributed by atoms with Crippen molar-refractivity contribution in [1.29, 1.82) is 0 Å². The molecule has 4 rings (SSSR count). The van der Waals surface area contributed by atoms with Crippen molar-refractivity contribution in [3.05, 3.63) is 77.3 Å². The molecule has 0 aromatic heterocycles. The fraction of sp³-hybridized carbons (Fsp3) is 0.0500. The van der Waals surface area contributed by atoms with E-state index in [1.165, 1.54) is 27.8 Å². The normalized spacial score (nSPS) is 19.3. The first-order chi connectivity index (χ1) is 12.5. The Kier molecular flexibility index (Phi) is 4.01. The predicted molar refractivity (Wildman–Crippen MR) is 110 cm³/mol. The molecule has 6 heteroatoms. The third-order valence-corrected chi connectivity index (χ3v) is 5.68. The number of anilines is 2. The predicted octanol–water partition coefficient (Wildman–Crippen LogP) is 4.26. The number of fused-ring (bicyclic) bond motifs is 1. The van der Waals surface area contributed by atoms with Crippen molar-refractivity contribution in [3.8, 4) is 0 Å². The van der Waals surface area contributed by atoms with Gasteiger partial charge in [0, 0.05) is 11.8 Å². The number of hydrogen-bond donors (Lipinski definition) is 0. The minimum absolute atomic E-state index is 0.258. The summed E-state index contributed by atoms with van der Waals surface area (Å²) in [6.07, 6.45) is 1.47. The van der Waals surface area contributed by atoms with Gasteiger partial charge in [-0.1, -0.05) is 60.9 Å². The van der Waals surface area contributed by atoms with Gasteiger partial charge in [-0.05, 0) is 30.7 Å². The van der Waals surface area contributed by atoms with E-state index in [4.69, 9.17) is 12.2 Å². The van der Waals surface area contributed by atoms with E-state index in [0.717, 1.165) is 16.8 Å². The van der Waals surface area contributed by atoms with Crippen LogP contribution in [0.1, 0.15) is 11.1 Å². The van der Waals surface area contributed by atoms with Gasteiger partial charge in [0.1, 0.15) is 0 Å². The molecule has 0 atom stereocenters. The van der Waals surface area contributed by atoms with E-state index in [2.05, 4.69) is 6.58 Å². The fourth-order valence-corrected chi connectivity index (χ4v) is 4.52. The van der Waals surface area contributed by atoms with Crippen molar-refractivity contribution in [2.24, 2.45) is 0 Å². The summed E-state index contributed by atoms with van der Waals surface area (Å²) < 4.78 is 0.422. The highest BCUT2D eigenvalue weighted by Gasteiger charge is 2.41. The molecule has 2 aromatic carbocycles. The minimum atomic E-state index is -0.269. The van der Waals surface area contributed by atoms with Gasteiger partial charge in [-0.15, -0.1) is 0 Å². The van der Waals surface area contributed by atoms with Gasteiger partial charge < -0.3 is 0 Å². The second-order valence-electron chi connectivity index (χ2n) is 5.93. The van der Waals surface area contributed by atoms with Gasteiger partial charge in [0.15, 0.2) is 4.32 Å². The highest BCUT2D eigenvalue weighted by molar-refractivity contribution is 8.27. The number of thioether (sulfide) groups is 1. The number of aryl methyl sites for hydroxylation is 1. The van der Waals surface area contributed by atoms with Crippen molar-refractivity contribution < 1.29 is 9.59 Å². The quantitative estimate of drug-likeness (QED) is 0.578. The van der Waals surface area contributed by atoms with Crippen LogP contribution in [0.5, 0.6) is 0 Å². The molecule has 1 saturated heterocycles. The van der Waals surface area contributed by atoms with Crippen molar-refractivity contribution in [1.82, 2.24) is 0 Å². The van der Waals surface area contributed by atoms with Crippen molar-refractivity contribution in [3.63, 3.8) is 0 Å². The fourth-order valence-electron chi connectivity index (χ4n) is 3.15. The Balaban J connectivity index is 1.86. The molecular formula is C20H14N2O2S2. The number of rotatable bonds is 2. The number of para-hydroxylation sites is 1. The molecule has 2 aliphatic heterocycles. The maximum Gasteiger partial charge on any atom is 0.271 e. The van der Waals surface area contributed by atoms with Crippen LogP contribution in [0, 0.1) is 6.92 Å². The molecule has 4 nitrogen and oxygen atoms in total. The zero-order valence-corrected chi connectivity index (χ0v) is 15.6. The molecular weight excluding hydrogens is 364 g/mol. The van der Waals surface area contributed by atoms with Crippen LogP contribution in [0.15, 0.2) is 66.2 Å². The minimum Gasteiger partial charge on any atom is -0.284 e. The number of amides is 2. The monoisotopic (exact) mass is 378 g/mol. The molecule has 0 radical (unpaired) electrons. The lowest BCUT2D eigenvalue weighted by Gasteiger charge is -2.15. The summed E-state index contributed by atoms with van der Waals surface area (Å²) in [7, 11) is 0. The molecule has 2 heterocycles. The molecule has 26 heavy (non-hydrogen) atoms. The summed E-state index contributed by atoms with van der Waals surface area (Å²) in [6, 6.07) is 15.0. The molecule has 2 aromatic rings. The van der Waals surface area contributed by atoms with Gasteiger partial charge in [-0.2, -0.15) is 0 Å². The van der Waals surface area contributed by atoms with Gasteiger partial charge in [0.2, 0.25) is 0 Å². The van der Waals surface area contributed by atoms with Crippen LogP contribution >= 0.6 is 24.0 Å².